The lowest BCUT2D eigenvalue weighted by atomic mass is 9.84. The summed E-state index contributed by atoms with van der Waals surface area (Å²) in [7, 11) is 0. The molecule has 24 heavy (non-hydrogen) atoms. The number of azo groups is 1. The van der Waals surface area contributed by atoms with Crippen molar-refractivity contribution in [3.05, 3.63) is 47.5 Å². The fourth-order valence-electron chi connectivity index (χ4n) is 2.48. The number of aromatic hydroxyl groups is 1. The van der Waals surface area contributed by atoms with Gasteiger partial charge in [0.15, 0.2) is 11.4 Å². The fraction of sp³-hybridized carbons (Fsp3) is 0.368. The molecule has 0 unspecified atom stereocenters. The zero-order valence-electron chi connectivity index (χ0n) is 14.5. The number of nitrogens with one attached hydrogen (secondary N) is 1. The quantitative estimate of drug-likeness (QED) is 0.502. The summed E-state index contributed by atoms with van der Waals surface area (Å²) in [6.45, 7) is 6.27. The Labute approximate surface area is 142 Å². The van der Waals surface area contributed by atoms with Gasteiger partial charge in [0.1, 0.15) is 5.69 Å². The molecule has 5 heteroatoms. The van der Waals surface area contributed by atoms with Crippen molar-refractivity contribution in [2.24, 2.45) is 5.11 Å². The van der Waals surface area contributed by atoms with Crippen LogP contribution in [0.5, 0.6) is 5.75 Å². The summed E-state index contributed by atoms with van der Waals surface area (Å²) >= 11 is 0. The lowest BCUT2D eigenvalue weighted by molar-refractivity contribution is -0.432. The maximum Gasteiger partial charge on any atom is 0.252 e. The van der Waals surface area contributed by atoms with Crippen LogP contribution in [0.1, 0.15) is 38.3 Å². The molecule has 0 amide bonds. The maximum atomic E-state index is 10.6. The van der Waals surface area contributed by atoms with Crippen LogP contribution in [0.3, 0.4) is 0 Å². The number of rotatable bonds is 5. The molecule has 0 heterocycles. The molecule has 2 aromatic rings. The van der Waals surface area contributed by atoms with Gasteiger partial charge >= 0.3 is 0 Å². The average molecular weight is 328 g/mol. The Morgan fingerprint density at radius 1 is 1.17 bits per heavy atom. The number of phenols is 1. The van der Waals surface area contributed by atoms with Crippen LogP contribution in [-0.4, -0.2) is 16.8 Å². The van der Waals surface area contributed by atoms with Crippen molar-refractivity contribution in [1.82, 2.24) is 0 Å². The Balaban J connectivity index is 2.46. The molecule has 0 aromatic heterocycles. The minimum absolute atomic E-state index is 0.136. The Kier molecular flexibility index (Phi) is 5.57. The molecule has 2 aromatic carbocycles. The number of nitrogens with two attached hydrogens (primary N) is 1. The highest BCUT2D eigenvalue weighted by Gasteiger charge is 2.22. The molecule has 0 saturated heterocycles. The first-order valence-electron chi connectivity index (χ1n) is 8.11. The second-order valence-corrected chi connectivity index (χ2v) is 6.90. The van der Waals surface area contributed by atoms with E-state index in [9.17, 15) is 5.11 Å². The number of hydrogen-bond acceptors (Lipinski definition) is 4. The van der Waals surface area contributed by atoms with Crippen LogP contribution in [0.15, 0.2) is 41.5 Å². The minimum Gasteiger partial charge on any atom is -0.505 e. The first-order chi connectivity index (χ1) is 11.3. The highest BCUT2D eigenvalue weighted by atomic mass is 16.3. The van der Waals surface area contributed by atoms with Crippen molar-refractivity contribution in [2.45, 2.75) is 39.0 Å². The molecule has 0 saturated carbocycles. The van der Waals surface area contributed by atoms with Gasteiger partial charge < -0.3 is 15.9 Å². The van der Waals surface area contributed by atoms with Gasteiger partial charge in [-0.25, -0.2) is 0 Å². The maximum absolute atomic E-state index is 10.6. The van der Waals surface area contributed by atoms with E-state index in [1.165, 1.54) is 0 Å². The van der Waals surface area contributed by atoms with E-state index in [0.29, 0.717) is 23.5 Å². The topological polar surface area (TPSA) is 92.8 Å². The van der Waals surface area contributed by atoms with Crippen molar-refractivity contribution < 1.29 is 15.3 Å². The molecule has 5 nitrogen and oxygen atoms in total. The van der Waals surface area contributed by atoms with E-state index in [0.717, 1.165) is 17.5 Å². The molecule has 0 aliphatic rings. The van der Waals surface area contributed by atoms with Gasteiger partial charge in [-0.2, -0.15) is 0 Å². The van der Waals surface area contributed by atoms with Crippen molar-refractivity contribution >= 4 is 17.1 Å². The number of anilines is 1. The zero-order valence-corrected chi connectivity index (χ0v) is 14.5. The minimum atomic E-state index is -0.213. The van der Waals surface area contributed by atoms with Crippen molar-refractivity contribution in [3.63, 3.8) is 0 Å². The van der Waals surface area contributed by atoms with Gasteiger partial charge in [-0.1, -0.05) is 44.1 Å². The summed E-state index contributed by atoms with van der Waals surface area (Å²) < 4.78 is 0. The van der Waals surface area contributed by atoms with Crippen LogP contribution >= 0.6 is 0 Å². The third-order valence-corrected chi connectivity index (χ3v) is 3.84. The normalized spacial score (nSPS) is 12.0. The Morgan fingerprint density at radius 2 is 1.88 bits per heavy atom. The van der Waals surface area contributed by atoms with Crippen LogP contribution < -0.4 is 10.8 Å². The number of hydrogen-bond donors (Lipinski definition) is 4. The van der Waals surface area contributed by atoms with Crippen molar-refractivity contribution in [1.29, 1.82) is 0 Å². The molecule has 0 bridgehead atoms. The predicted molar refractivity (Wildman–Crippen MR) is 95.8 cm³/mol. The number of aliphatic hydroxyl groups is 1. The monoisotopic (exact) mass is 328 g/mol. The molecule has 0 radical (unpaired) electrons. The molecular weight excluding hydrogens is 302 g/mol. The van der Waals surface area contributed by atoms with E-state index in [2.05, 4.69) is 10.2 Å². The van der Waals surface area contributed by atoms with Gasteiger partial charge in [0.05, 0.1) is 0 Å². The highest BCUT2D eigenvalue weighted by molar-refractivity contribution is 5.59. The SMILES string of the molecule is CC(C)(C)c1cc(CCCO)cc(N=[NH+]c2ccccc2N)c1O. The lowest BCUT2D eigenvalue weighted by Crippen LogP contribution is -2.57. The van der Waals surface area contributed by atoms with E-state index in [1.54, 1.807) is 6.07 Å². The summed E-state index contributed by atoms with van der Waals surface area (Å²) in [6, 6.07) is 11.2. The first-order valence-corrected chi connectivity index (χ1v) is 8.11. The second-order valence-electron chi connectivity index (χ2n) is 6.90. The number of para-hydroxylation sites is 2. The van der Waals surface area contributed by atoms with E-state index in [-0.39, 0.29) is 17.8 Å². The van der Waals surface area contributed by atoms with Crippen LogP contribution in [0.25, 0.3) is 0 Å². The smallest absolute Gasteiger partial charge is 0.252 e. The molecule has 0 fully saturated rings. The Bertz CT molecular complexity index is 734. The number of nitrogens with zero attached hydrogens (tertiary/aromatic N) is 1. The van der Waals surface area contributed by atoms with Crippen molar-refractivity contribution in [3.8, 4) is 5.75 Å². The first kappa shape index (κ1) is 17.9. The zero-order chi connectivity index (χ0) is 17.7. The number of nitrogen functional groups attached to an aromatic ring is 1. The Hall–Kier alpha value is -2.40. The average Bonchev–Trinajstić information content (AvgIpc) is 2.52. The highest BCUT2D eigenvalue weighted by Crippen LogP contribution is 2.38. The third-order valence-electron chi connectivity index (χ3n) is 3.84. The molecule has 0 atom stereocenters. The molecule has 0 aliphatic heterocycles. The van der Waals surface area contributed by atoms with E-state index >= 15 is 0 Å². The van der Waals surface area contributed by atoms with Gasteiger partial charge in [-0.15, -0.1) is 0 Å². The predicted octanol–water partition coefficient (Wildman–Crippen LogP) is 2.69. The number of aliphatic hydroxyl groups excluding tert-OH is 1. The van der Waals surface area contributed by atoms with Gasteiger partial charge in [0.25, 0.3) is 5.69 Å². The molecule has 0 aliphatic carbocycles. The van der Waals surface area contributed by atoms with E-state index in [4.69, 9.17) is 10.8 Å². The van der Waals surface area contributed by atoms with Gasteiger partial charge in [-0.05, 0) is 36.0 Å². The molecular formula is C19H26N3O2+. The van der Waals surface area contributed by atoms with Gasteiger partial charge in [-0.3, -0.25) is 0 Å². The van der Waals surface area contributed by atoms with Crippen LogP contribution in [0, 0.1) is 0 Å². The van der Waals surface area contributed by atoms with Crippen LogP contribution in [0.4, 0.5) is 17.1 Å². The largest absolute Gasteiger partial charge is 0.505 e. The summed E-state index contributed by atoms with van der Waals surface area (Å²) in [5.74, 6) is 0.164. The number of phenolic OH excluding ortho intramolecular Hbond substituents is 1. The third kappa shape index (κ3) is 4.32. The van der Waals surface area contributed by atoms with Crippen molar-refractivity contribution in [2.75, 3.05) is 12.3 Å². The fourth-order valence-corrected chi connectivity index (χ4v) is 2.48. The standard InChI is InChI=1S/C19H25N3O2/c1-19(2,3)14-11-13(7-6-10-23)12-17(18(14)24)22-21-16-9-5-4-8-15(16)20/h4-5,8-9,11-12,23-24H,6-7,10,20H2,1-3H3/p+1. The van der Waals surface area contributed by atoms with E-state index < -0.39 is 0 Å². The second kappa shape index (κ2) is 7.45. The van der Waals surface area contributed by atoms with Crippen LogP contribution in [-0.2, 0) is 11.8 Å². The summed E-state index contributed by atoms with van der Waals surface area (Å²) in [6.07, 6.45) is 1.41. The number of aryl methyl sites for hydroxylation is 1. The Morgan fingerprint density at radius 3 is 2.50 bits per heavy atom. The van der Waals surface area contributed by atoms with E-state index in [1.807, 2.05) is 51.1 Å². The lowest BCUT2D eigenvalue weighted by Gasteiger charge is -2.21. The van der Waals surface area contributed by atoms with Gasteiger partial charge in [0.2, 0.25) is 0 Å². The summed E-state index contributed by atoms with van der Waals surface area (Å²) in [5.41, 5.74) is 9.31. The molecule has 0 spiro atoms. The van der Waals surface area contributed by atoms with Crippen LogP contribution in [0.2, 0.25) is 0 Å². The number of benzene rings is 2. The molecule has 2 rings (SSSR count). The molecule has 128 valence electrons. The van der Waals surface area contributed by atoms with Gasteiger partial charge in [0, 0.05) is 23.4 Å². The molecule has 5 N–H and O–H groups in total. The summed E-state index contributed by atoms with van der Waals surface area (Å²) in [5, 5.41) is 26.9. The summed E-state index contributed by atoms with van der Waals surface area (Å²) in [4.78, 5) is 0.